The second-order valence-corrected chi connectivity index (χ2v) is 3.12. The number of hydrogen-bond acceptors (Lipinski definition) is 2. The third-order valence-corrected chi connectivity index (χ3v) is 2.06. The van der Waals surface area contributed by atoms with E-state index in [9.17, 15) is 4.79 Å². The summed E-state index contributed by atoms with van der Waals surface area (Å²) in [6, 6.07) is 7.64. The summed E-state index contributed by atoms with van der Waals surface area (Å²) in [7, 11) is 0. The molecular formula is C11H15NO2. The molecule has 0 aliphatic carbocycles. The van der Waals surface area contributed by atoms with Gasteiger partial charge < -0.3 is 10.5 Å². The molecule has 3 heteroatoms. The van der Waals surface area contributed by atoms with Crippen molar-refractivity contribution in [3.05, 3.63) is 29.8 Å². The molecule has 0 aromatic heterocycles. The van der Waals surface area contributed by atoms with Gasteiger partial charge in [0.25, 0.3) is 5.91 Å². The maximum absolute atomic E-state index is 10.8. The molecule has 1 amide bonds. The van der Waals surface area contributed by atoms with Crippen molar-refractivity contribution in [1.29, 1.82) is 0 Å². The number of para-hydroxylation sites is 1. The molecule has 0 saturated carbocycles. The fraction of sp³-hybridized carbons (Fsp3) is 0.364. The van der Waals surface area contributed by atoms with Crippen molar-refractivity contribution in [1.82, 2.24) is 0 Å². The van der Waals surface area contributed by atoms with E-state index in [4.69, 9.17) is 10.5 Å². The molecule has 0 aliphatic heterocycles. The Bertz CT molecular complexity index is 323. The number of hydrogen-bond donors (Lipinski definition) is 1. The van der Waals surface area contributed by atoms with Crippen LogP contribution in [0.3, 0.4) is 0 Å². The van der Waals surface area contributed by atoms with Crippen molar-refractivity contribution >= 4 is 5.91 Å². The lowest BCUT2D eigenvalue weighted by molar-refractivity contribution is -0.123. The van der Waals surface area contributed by atoms with Gasteiger partial charge in [0, 0.05) is 0 Å². The summed E-state index contributed by atoms with van der Waals surface area (Å²) in [5.41, 5.74) is 6.20. The lowest BCUT2D eigenvalue weighted by Crippen LogP contribution is -2.30. The summed E-state index contributed by atoms with van der Waals surface area (Å²) in [6.45, 7) is 3.69. The molecule has 2 N–H and O–H groups in total. The van der Waals surface area contributed by atoms with E-state index in [1.807, 2.05) is 31.2 Å². The Morgan fingerprint density at radius 2 is 2.14 bits per heavy atom. The Balaban J connectivity index is 2.80. The van der Waals surface area contributed by atoms with Gasteiger partial charge in [-0.15, -0.1) is 0 Å². The van der Waals surface area contributed by atoms with Gasteiger partial charge in [-0.2, -0.15) is 0 Å². The molecule has 0 bridgehead atoms. The molecule has 0 aliphatic rings. The van der Waals surface area contributed by atoms with E-state index >= 15 is 0 Å². The second kappa shape index (κ2) is 4.65. The third-order valence-electron chi connectivity index (χ3n) is 2.06. The highest BCUT2D eigenvalue weighted by Gasteiger charge is 2.11. The average molecular weight is 193 g/mol. The van der Waals surface area contributed by atoms with Gasteiger partial charge >= 0.3 is 0 Å². The monoisotopic (exact) mass is 193 g/mol. The number of rotatable bonds is 4. The molecule has 76 valence electrons. The quantitative estimate of drug-likeness (QED) is 0.787. The Labute approximate surface area is 83.9 Å². The minimum atomic E-state index is -0.581. The number of benzene rings is 1. The predicted octanol–water partition coefficient (Wildman–Crippen LogP) is 1.50. The molecule has 0 heterocycles. The van der Waals surface area contributed by atoms with E-state index in [1.54, 1.807) is 6.92 Å². The Kier molecular flexibility index (Phi) is 3.51. The van der Waals surface area contributed by atoms with Crippen LogP contribution in [0.25, 0.3) is 0 Å². The first-order chi connectivity index (χ1) is 6.65. The van der Waals surface area contributed by atoms with Crippen LogP contribution in [-0.4, -0.2) is 12.0 Å². The van der Waals surface area contributed by atoms with Crippen LogP contribution in [0.15, 0.2) is 24.3 Å². The molecule has 0 radical (unpaired) electrons. The van der Waals surface area contributed by atoms with Crippen LogP contribution in [0, 0.1) is 0 Å². The third kappa shape index (κ3) is 2.49. The standard InChI is InChI=1S/C11H15NO2/c1-3-9-6-4-5-7-10(9)14-8(2)11(12)13/h4-8H,3H2,1-2H3,(H2,12,13)/t8-/m1/s1. The van der Waals surface area contributed by atoms with Crippen LogP contribution < -0.4 is 10.5 Å². The van der Waals surface area contributed by atoms with Gasteiger partial charge in [-0.25, -0.2) is 0 Å². The number of aryl methyl sites for hydroxylation is 1. The summed E-state index contributed by atoms with van der Waals surface area (Å²) in [4.78, 5) is 10.8. The fourth-order valence-electron chi connectivity index (χ4n) is 1.16. The lowest BCUT2D eigenvalue weighted by Gasteiger charge is -2.13. The maximum atomic E-state index is 10.8. The van der Waals surface area contributed by atoms with Crippen LogP contribution in [0.1, 0.15) is 19.4 Å². The van der Waals surface area contributed by atoms with Crippen LogP contribution in [0.4, 0.5) is 0 Å². The minimum absolute atomic E-state index is 0.448. The Morgan fingerprint density at radius 3 is 2.71 bits per heavy atom. The first-order valence-corrected chi connectivity index (χ1v) is 4.69. The Hall–Kier alpha value is -1.51. The van der Waals surface area contributed by atoms with E-state index in [2.05, 4.69) is 0 Å². The van der Waals surface area contributed by atoms with Gasteiger partial charge in [-0.05, 0) is 25.0 Å². The zero-order valence-electron chi connectivity index (χ0n) is 8.49. The van der Waals surface area contributed by atoms with Crippen LogP contribution in [0.5, 0.6) is 5.75 Å². The lowest BCUT2D eigenvalue weighted by atomic mass is 10.1. The first-order valence-electron chi connectivity index (χ1n) is 4.69. The van der Waals surface area contributed by atoms with Gasteiger partial charge in [0.15, 0.2) is 6.10 Å². The molecule has 0 unspecified atom stereocenters. The number of carbonyl (C=O) groups excluding carboxylic acids is 1. The van der Waals surface area contributed by atoms with E-state index in [0.717, 1.165) is 17.7 Å². The fourth-order valence-corrected chi connectivity index (χ4v) is 1.16. The van der Waals surface area contributed by atoms with E-state index < -0.39 is 12.0 Å². The second-order valence-electron chi connectivity index (χ2n) is 3.12. The summed E-state index contributed by atoms with van der Waals surface area (Å²) in [6.07, 6.45) is 0.296. The smallest absolute Gasteiger partial charge is 0.258 e. The SMILES string of the molecule is CCc1ccccc1O[C@H](C)C(N)=O. The normalized spacial score (nSPS) is 12.1. The molecule has 1 atom stereocenters. The van der Waals surface area contributed by atoms with Crippen molar-refractivity contribution in [2.24, 2.45) is 5.73 Å². The van der Waals surface area contributed by atoms with Crippen molar-refractivity contribution in [2.45, 2.75) is 26.4 Å². The predicted molar refractivity (Wildman–Crippen MR) is 55.1 cm³/mol. The van der Waals surface area contributed by atoms with E-state index in [-0.39, 0.29) is 0 Å². The van der Waals surface area contributed by atoms with Crippen LogP contribution in [0.2, 0.25) is 0 Å². The largest absolute Gasteiger partial charge is 0.481 e. The molecule has 3 nitrogen and oxygen atoms in total. The van der Waals surface area contributed by atoms with Crippen molar-refractivity contribution in [3.63, 3.8) is 0 Å². The molecule has 0 fully saturated rings. The molecule has 0 spiro atoms. The molecule has 0 saturated heterocycles. The van der Waals surface area contributed by atoms with Crippen LogP contribution in [-0.2, 0) is 11.2 Å². The number of amides is 1. The maximum Gasteiger partial charge on any atom is 0.258 e. The summed E-state index contributed by atoms with van der Waals surface area (Å²) < 4.78 is 5.42. The molecule has 14 heavy (non-hydrogen) atoms. The number of ether oxygens (including phenoxy) is 1. The highest BCUT2D eigenvalue weighted by Crippen LogP contribution is 2.19. The van der Waals surface area contributed by atoms with Gasteiger partial charge in [0.05, 0.1) is 0 Å². The van der Waals surface area contributed by atoms with Crippen molar-refractivity contribution in [2.75, 3.05) is 0 Å². The van der Waals surface area contributed by atoms with Crippen LogP contribution >= 0.6 is 0 Å². The molecule has 1 aromatic carbocycles. The van der Waals surface area contributed by atoms with Gasteiger partial charge in [0.2, 0.25) is 0 Å². The number of carbonyl (C=O) groups is 1. The summed E-state index contributed by atoms with van der Waals surface area (Å²) in [5.74, 6) is 0.289. The number of primary amides is 1. The minimum Gasteiger partial charge on any atom is -0.481 e. The van der Waals surface area contributed by atoms with Crippen molar-refractivity contribution in [3.8, 4) is 5.75 Å². The first kappa shape index (κ1) is 10.6. The highest BCUT2D eigenvalue weighted by atomic mass is 16.5. The summed E-state index contributed by atoms with van der Waals surface area (Å²) >= 11 is 0. The van der Waals surface area contributed by atoms with Gasteiger partial charge in [-0.3, -0.25) is 4.79 Å². The zero-order valence-corrected chi connectivity index (χ0v) is 8.49. The Morgan fingerprint density at radius 1 is 1.50 bits per heavy atom. The molecular weight excluding hydrogens is 178 g/mol. The molecule has 1 aromatic rings. The molecule has 1 rings (SSSR count). The topological polar surface area (TPSA) is 52.3 Å². The number of nitrogens with two attached hydrogens (primary N) is 1. The van der Waals surface area contributed by atoms with Gasteiger partial charge in [0.1, 0.15) is 5.75 Å². The zero-order chi connectivity index (χ0) is 10.6. The summed E-state index contributed by atoms with van der Waals surface area (Å²) in [5, 5.41) is 0. The highest BCUT2D eigenvalue weighted by molar-refractivity contribution is 5.78. The average Bonchev–Trinajstić information content (AvgIpc) is 2.18. The van der Waals surface area contributed by atoms with E-state index in [1.165, 1.54) is 0 Å². The van der Waals surface area contributed by atoms with Crippen molar-refractivity contribution < 1.29 is 9.53 Å². The van der Waals surface area contributed by atoms with Gasteiger partial charge in [-0.1, -0.05) is 25.1 Å². The van der Waals surface area contributed by atoms with E-state index in [0.29, 0.717) is 0 Å².